The van der Waals surface area contributed by atoms with Crippen LogP contribution in [0.25, 0.3) is 11.1 Å². The lowest BCUT2D eigenvalue weighted by Gasteiger charge is -2.07. The second-order valence-corrected chi connectivity index (χ2v) is 10.1. The fourth-order valence-corrected chi connectivity index (χ4v) is 5.21. The minimum absolute atomic E-state index is 0.694. The van der Waals surface area contributed by atoms with E-state index in [0.717, 1.165) is 29.1 Å². The van der Waals surface area contributed by atoms with Gasteiger partial charge in [-0.15, -0.1) is 0 Å². The Morgan fingerprint density at radius 3 is 1.17 bits per heavy atom. The number of hydrogen-bond acceptors (Lipinski definition) is 2. The van der Waals surface area contributed by atoms with Gasteiger partial charge in [-0.1, -0.05) is 170 Å². The second-order valence-electron chi connectivity index (χ2n) is 10.1. The Morgan fingerprint density at radius 1 is 0.357 bits per heavy atom. The molecule has 0 aromatic heterocycles. The molecule has 6 aromatic rings. The van der Waals surface area contributed by atoms with Gasteiger partial charge in [0.05, 0.1) is 24.5 Å². The van der Waals surface area contributed by atoms with Crippen molar-refractivity contribution in [2.75, 3.05) is 0 Å². The summed E-state index contributed by atoms with van der Waals surface area (Å²) in [4.78, 5) is 9.74. The Kier molecular flexibility index (Phi) is 8.53. The molecule has 7 rings (SSSR count). The predicted molar refractivity (Wildman–Crippen MR) is 176 cm³/mol. The third-order valence-electron chi connectivity index (χ3n) is 7.27. The highest BCUT2D eigenvalue weighted by molar-refractivity contribution is 6.24. The summed E-state index contributed by atoms with van der Waals surface area (Å²) < 4.78 is 0. The van der Waals surface area contributed by atoms with Crippen LogP contribution >= 0.6 is 0 Å². The highest BCUT2D eigenvalue weighted by Gasteiger charge is 2.23. The fourth-order valence-electron chi connectivity index (χ4n) is 5.21. The number of hydrogen-bond donors (Lipinski definition) is 0. The van der Waals surface area contributed by atoms with Gasteiger partial charge in [-0.25, -0.2) is 0 Å². The molecule has 0 N–H and O–H groups in total. The molecule has 2 heteroatoms. The standard InChI is InChI=1S/C20H15N.C20H17N/c1-2-8-15(9-3-1)14-21-20-18-12-6-4-10-16(18)17-11-5-7-13-19(17)20;1-4-10-17(11-5-1)16-21-20(18-12-6-2-7-13-18)19-14-8-3-9-15-19/h1-13H,14H2;1-15H,16H2. The Balaban J connectivity index is 0.000000150. The molecule has 0 aliphatic heterocycles. The zero-order valence-electron chi connectivity index (χ0n) is 23.5. The average molecular weight is 541 g/mol. The Bertz CT molecular complexity index is 1650. The zero-order valence-corrected chi connectivity index (χ0v) is 23.5. The van der Waals surface area contributed by atoms with Gasteiger partial charge < -0.3 is 0 Å². The normalized spacial score (nSPS) is 11.0. The molecule has 6 aromatic carbocycles. The summed E-state index contributed by atoms with van der Waals surface area (Å²) in [5.74, 6) is 0. The van der Waals surface area contributed by atoms with Gasteiger partial charge in [-0.2, -0.15) is 0 Å². The van der Waals surface area contributed by atoms with Crippen molar-refractivity contribution in [3.63, 3.8) is 0 Å². The van der Waals surface area contributed by atoms with Gasteiger partial charge in [0.2, 0.25) is 0 Å². The van der Waals surface area contributed by atoms with E-state index in [1.165, 1.54) is 33.4 Å². The topological polar surface area (TPSA) is 24.7 Å². The Hall–Kier alpha value is -5.34. The molecule has 0 spiro atoms. The third-order valence-corrected chi connectivity index (χ3v) is 7.27. The maximum Gasteiger partial charge on any atom is 0.0735 e. The molecular formula is C40H32N2. The van der Waals surface area contributed by atoms with Crippen LogP contribution in [-0.4, -0.2) is 11.4 Å². The highest BCUT2D eigenvalue weighted by Crippen LogP contribution is 2.36. The summed E-state index contributed by atoms with van der Waals surface area (Å²) in [5, 5.41) is 0. The minimum Gasteiger partial charge on any atom is -0.279 e. The summed E-state index contributed by atoms with van der Waals surface area (Å²) in [5.41, 5.74) is 12.0. The van der Waals surface area contributed by atoms with E-state index in [1.807, 2.05) is 24.3 Å². The highest BCUT2D eigenvalue weighted by atomic mass is 14.7. The molecule has 0 heterocycles. The average Bonchev–Trinajstić information content (AvgIpc) is 3.40. The molecule has 0 saturated carbocycles. The molecule has 0 radical (unpaired) electrons. The lowest BCUT2D eigenvalue weighted by molar-refractivity contribution is 1.07. The molecule has 0 saturated heterocycles. The summed E-state index contributed by atoms with van der Waals surface area (Å²) in [6.07, 6.45) is 0. The first-order chi connectivity index (χ1) is 20.9. The quantitative estimate of drug-likeness (QED) is 0.188. The predicted octanol–water partition coefficient (Wildman–Crippen LogP) is 9.43. The van der Waals surface area contributed by atoms with E-state index in [-0.39, 0.29) is 0 Å². The largest absolute Gasteiger partial charge is 0.279 e. The van der Waals surface area contributed by atoms with E-state index in [2.05, 4.69) is 146 Å². The van der Waals surface area contributed by atoms with Crippen LogP contribution in [0.4, 0.5) is 0 Å². The zero-order chi connectivity index (χ0) is 28.4. The number of benzene rings is 6. The molecule has 0 atom stereocenters. The maximum absolute atomic E-state index is 4.89. The first-order valence-electron chi connectivity index (χ1n) is 14.3. The second kappa shape index (κ2) is 13.3. The molecule has 1 aliphatic carbocycles. The van der Waals surface area contributed by atoms with Crippen LogP contribution < -0.4 is 0 Å². The number of rotatable bonds is 6. The van der Waals surface area contributed by atoms with Crippen LogP contribution in [0.1, 0.15) is 33.4 Å². The van der Waals surface area contributed by atoms with Crippen molar-refractivity contribution in [3.05, 3.63) is 203 Å². The summed E-state index contributed by atoms with van der Waals surface area (Å²) >= 11 is 0. The van der Waals surface area contributed by atoms with Crippen LogP contribution in [0.15, 0.2) is 180 Å². The summed E-state index contributed by atoms with van der Waals surface area (Å²) in [6.45, 7) is 1.42. The molecule has 0 amide bonds. The van der Waals surface area contributed by atoms with Gasteiger partial charge in [-0.3, -0.25) is 9.98 Å². The van der Waals surface area contributed by atoms with Crippen molar-refractivity contribution in [1.29, 1.82) is 0 Å². The van der Waals surface area contributed by atoms with Crippen LogP contribution in [0.2, 0.25) is 0 Å². The first-order valence-corrected chi connectivity index (χ1v) is 14.3. The maximum atomic E-state index is 4.89. The molecule has 0 fully saturated rings. The van der Waals surface area contributed by atoms with Gasteiger partial charge in [0, 0.05) is 22.3 Å². The van der Waals surface area contributed by atoms with Crippen LogP contribution in [0.3, 0.4) is 0 Å². The van der Waals surface area contributed by atoms with Crippen molar-refractivity contribution in [1.82, 2.24) is 0 Å². The minimum atomic E-state index is 0.694. The Morgan fingerprint density at radius 2 is 0.714 bits per heavy atom. The van der Waals surface area contributed by atoms with Crippen molar-refractivity contribution < 1.29 is 0 Å². The van der Waals surface area contributed by atoms with E-state index in [9.17, 15) is 0 Å². The van der Waals surface area contributed by atoms with Crippen molar-refractivity contribution in [2.45, 2.75) is 13.1 Å². The van der Waals surface area contributed by atoms with E-state index < -0.39 is 0 Å². The van der Waals surface area contributed by atoms with Crippen LogP contribution in [0.5, 0.6) is 0 Å². The smallest absolute Gasteiger partial charge is 0.0735 e. The lowest BCUT2D eigenvalue weighted by Crippen LogP contribution is -2.03. The number of aliphatic imine (C=N–C) groups is 2. The molecule has 0 unspecified atom stereocenters. The van der Waals surface area contributed by atoms with Gasteiger partial charge in [0.25, 0.3) is 0 Å². The number of nitrogens with zero attached hydrogens (tertiary/aromatic N) is 2. The van der Waals surface area contributed by atoms with E-state index in [1.54, 1.807) is 0 Å². The molecule has 202 valence electrons. The molecular weight excluding hydrogens is 508 g/mol. The summed E-state index contributed by atoms with van der Waals surface area (Å²) in [6, 6.07) is 58.5. The third kappa shape index (κ3) is 6.35. The number of fused-ring (bicyclic) bond motifs is 3. The molecule has 2 nitrogen and oxygen atoms in total. The van der Waals surface area contributed by atoms with Gasteiger partial charge in [0.15, 0.2) is 0 Å². The molecule has 1 aliphatic rings. The summed E-state index contributed by atoms with van der Waals surface area (Å²) in [7, 11) is 0. The van der Waals surface area contributed by atoms with Gasteiger partial charge >= 0.3 is 0 Å². The van der Waals surface area contributed by atoms with Gasteiger partial charge in [-0.05, 0) is 22.3 Å². The van der Waals surface area contributed by atoms with Gasteiger partial charge in [0.1, 0.15) is 0 Å². The Labute approximate surface area is 248 Å². The molecule has 42 heavy (non-hydrogen) atoms. The van der Waals surface area contributed by atoms with Crippen LogP contribution in [0, 0.1) is 0 Å². The fraction of sp³-hybridized carbons (Fsp3) is 0.0500. The first kappa shape index (κ1) is 26.9. The van der Waals surface area contributed by atoms with Crippen molar-refractivity contribution in [2.24, 2.45) is 9.98 Å². The van der Waals surface area contributed by atoms with Crippen molar-refractivity contribution >= 4 is 11.4 Å². The van der Waals surface area contributed by atoms with E-state index in [0.29, 0.717) is 6.54 Å². The SMILES string of the molecule is c1ccc(CN=C(c2ccccc2)c2ccccc2)cc1.c1ccc(CN=C2c3ccccc3-c3ccccc32)cc1. The molecule has 0 bridgehead atoms. The van der Waals surface area contributed by atoms with E-state index >= 15 is 0 Å². The monoisotopic (exact) mass is 540 g/mol. The van der Waals surface area contributed by atoms with Crippen LogP contribution in [-0.2, 0) is 13.1 Å². The van der Waals surface area contributed by atoms with Crippen molar-refractivity contribution in [3.8, 4) is 11.1 Å². The van der Waals surface area contributed by atoms with E-state index in [4.69, 9.17) is 9.98 Å². The lowest BCUT2D eigenvalue weighted by atomic mass is 10.0.